The van der Waals surface area contributed by atoms with Crippen LogP contribution >= 0.6 is 0 Å². The first-order chi connectivity index (χ1) is 10.1. The molecule has 1 atom stereocenters. The highest BCUT2D eigenvalue weighted by molar-refractivity contribution is 5.95. The number of nitrogens with two attached hydrogens (primary N) is 1. The number of nitrogens with one attached hydrogen (secondary N) is 1. The van der Waals surface area contributed by atoms with Gasteiger partial charge in [0, 0.05) is 10.8 Å². The number of carbonyl (C=O) groups excluding carboxylic acids is 1. The van der Waals surface area contributed by atoms with Crippen LogP contribution in [0, 0.1) is 0 Å². The standard InChI is InChI=1S/C16H15N3O2/c1-10(16(21)18-17)19-13-8-4-2-6-11(13)15(20)12-7-3-5-9-14(12)19/h2-10H,17H2,1H3,(H,18,21). The molecule has 2 aromatic carbocycles. The molecule has 5 nitrogen and oxygen atoms in total. The van der Waals surface area contributed by atoms with E-state index in [1.807, 2.05) is 41.0 Å². The Hall–Kier alpha value is -2.66. The van der Waals surface area contributed by atoms with Crippen molar-refractivity contribution in [3.63, 3.8) is 0 Å². The second-order valence-electron chi connectivity index (χ2n) is 4.92. The zero-order valence-electron chi connectivity index (χ0n) is 11.5. The number of fused-ring (bicyclic) bond motifs is 2. The van der Waals surface area contributed by atoms with Crippen LogP contribution in [-0.2, 0) is 4.79 Å². The van der Waals surface area contributed by atoms with E-state index in [2.05, 4.69) is 5.43 Å². The number of rotatable bonds is 2. The second-order valence-corrected chi connectivity index (χ2v) is 4.92. The molecule has 3 aromatic rings. The van der Waals surface area contributed by atoms with Crippen molar-refractivity contribution in [1.29, 1.82) is 0 Å². The highest BCUT2D eigenvalue weighted by Crippen LogP contribution is 2.23. The van der Waals surface area contributed by atoms with Crippen LogP contribution in [0.5, 0.6) is 0 Å². The minimum atomic E-state index is -0.523. The monoisotopic (exact) mass is 281 g/mol. The molecule has 1 amide bonds. The van der Waals surface area contributed by atoms with E-state index in [1.165, 1.54) is 0 Å². The smallest absolute Gasteiger partial charge is 0.256 e. The van der Waals surface area contributed by atoms with Crippen molar-refractivity contribution in [3.8, 4) is 0 Å². The van der Waals surface area contributed by atoms with Crippen LogP contribution < -0.4 is 16.7 Å². The molecule has 21 heavy (non-hydrogen) atoms. The lowest BCUT2D eigenvalue weighted by Gasteiger charge is -2.20. The molecular weight excluding hydrogens is 266 g/mol. The lowest BCUT2D eigenvalue weighted by molar-refractivity contribution is -0.123. The number of hydrogen-bond donors (Lipinski definition) is 2. The molecule has 1 heterocycles. The Morgan fingerprint density at radius 1 is 1.05 bits per heavy atom. The van der Waals surface area contributed by atoms with Crippen LogP contribution in [0.4, 0.5) is 0 Å². The molecule has 5 heteroatoms. The summed E-state index contributed by atoms with van der Waals surface area (Å²) in [6, 6.07) is 14.0. The summed E-state index contributed by atoms with van der Waals surface area (Å²) in [6.45, 7) is 1.76. The van der Waals surface area contributed by atoms with Gasteiger partial charge in [0.05, 0.1) is 11.0 Å². The van der Waals surface area contributed by atoms with Crippen LogP contribution in [0.3, 0.4) is 0 Å². The molecule has 106 valence electrons. The van der Waals surface area contributed by atoms with Crippen molar-refractivity contribution in [2.45, 2.75) is 13.0 Å². The van der Waals surface area contributed by atoms with Crippen LogP contribution in [-0.4, -0.2) is 10.5 Å². The first-order valence-electron chi connectivity index (χ1n) is 6.67. The van der Waals surface area contributed by atoms with Gasteiger partial charge in [0.25, 0.3) is 5.91 Å². The van der Waals surface area contributed by atoms with Crippen molar-refractivity contribution in [2.24, 2.45) is 5.84 Å². The molecule has 1 aromatic heterocycles. The Balaban J connectivity index is 2.52. The van der Waals surface area contributed by atoms with Gasteiger partial charge in [0.2, 0.25) is 0 Å². The fraction of sp³-hybridized carbons (Fsp3) is 0.125. The Bertz CT molecular complexity index is 839. The molecule has 0 saturated heterocycles. The number of hydrogen-bond acceptors (Lipinski definition) is 3. The van der Waals surface area contributed by atoms with E-state index in [0.29, 0.717) is 10.8 Å². The van der Waals surface area contributed by atoms with E-state index >= 15 is 0 Å². The van der Waals surface area contributed by atoms with Gasteiger partial charge in [-0.1, -0.05) is 24.3 Å². The van der Waals surface area contributed by atoms with Gasteiger partial charge in [0.15, 0.2) is 5.43 Å². The Morgan fingerprint density at radius 3 is 2.00 bits per heavy atom. The van der Waals surface area contributed by atoms with Crippen molar-refractivity contribution < 1.29 is 4.79 Å². The van der Waals surface area contributed by atoms with Crippen LogP contribution in [0.25, 0.3) is 21.8 Å². The zero-order chi connectivity index (χ0) is 15.0. The van der Waals surface area contributed by atoms with E-state index < -0.39 is 6.04 Å². The lowest BCUT2D eigenvalue weighted by atomic mass is 10.1. The third-order valence-electron chi connectivity index (χ3n) is 3.73. The van der Waals surface area contributed by atoms with E-state index in [9.17, 15) is 9.59 Å². The molecule has 0 radical (unpaired) electrons. The number of aromatic nitrogens is 1. The van der Waals surface area contributed by atoms with Gasteiger partial charge < -0.3 is 4.57 Å². The quantitative estimate of drug-likeness (QED) is 0.325. The molecule has 0 bridgehead atoms. The van der Waals surface area contributed by atoms with Crippen molar-refractivity contribution in [1.82, 2.24) is 9.99 Å². The largest absolute Gasteiger partial charge is 0.328 e. The fourth-order valence-corrected chi connectivity index (χ4v) is 2.68. The number of benzene rings is 2. The van der Waals surface area contributed by atoms with Gasteiger partial charge in [-0.3, -0.25) is 15.0 Å². The van der Waals surface area contributed by atoms with E-state index in [0.717, 1.165) is 11.0 Å². The molecule has 0 aliphatic carbocycles. The summed E-state index contributed by atoms with van der Waals surface area (Å²) >= 11 is 0. The SMILES string of the molecule is CC(C(=O)NN)n1c2ccccc2c(=O)c2ccccc21. The second kappa shape index (κ2) is 5.03. The van der Waals surface area contributed by atoms with E-state index in [-0.39, 0.29) is 11.3 Å². The lowest BCUT2D eigenvalue weighted by Crippen LogP contribution is -2.36. The summed E-state index contributed by atoms with van der Waals surface area (Å²) in [6.07, 6.45) is 0. The first kappa shape index (κ1) is 13.3. The summed E-state index contributed by atoms with van der Waals surface area (Å²) in [5.74, 6) is 4.94. The number of hydrazine groups is 1. The van der Waals surface area contributed by atoms with Gasteiger partial charge >= 0.3 is 0 Å². The number of pyridine rings is 1. The van der Waals surface area contributed by atoms with Crippen molar-refractivity contribution >= 4 is 27.7 Å². The van der Waals surface area contributed by atoms with Crippen molar-refractivity contribution in [2.75, 3.05) is 0 Å². The molecule has 0 spiro atoms. The first-order valence-corrected chi connectivity index (χ1v) is 6.67. The van der Waals surface area contributed by atoms with Crippen LogP contribution in [0.15, 0.2) is 53.3 Å². The van der Waals surface area contributed by atoms with E-state index in [4.69, 9.17) is 5.84 Å². The minimum Gasteiger partial charge on any atom is -0.328 e. The maximum absolute atomic E-state index is 12.6. The topological polar surface area (TPSA) is 77.1 Å². The molecule has 3 N–H and O–H groups in total. The molecule has 0 fully saturated rings. The van der Waals surface area contributed by atoms with Gasteiger partial charge in [-0.05, 0) is 31.2 Å². The van der Waals surface area contributed by atoms with Crippen LogP contribution in [0.2, 0.25) is 0 Å². The normalized spacial score (nSPS) is 12.5. The molecule has 0 saturated carbocycles. The summed E-state index contributed by atoms with van der Waals surface area (Å²) in [5, 5.41) is 1.18. The summed E-state index contributed by atoms with van der Waals surface area (Å²) in [5.41, 5.74) is 3.58. The molecule has 0 aliphatic heterocycles. The number of nitrogens with zero attached hydrogens (tertiary/aromatic N) is 1. The van der Waals surface area contributed by atoms with E-state index in [1.54, 1.807) is 19.1 Å². The average Bonchev–Trinajstić information content (AvgIpc) is 2.54. The zero-order valence-corrected chi connectivity index (χ0v) is 11.5. The highest BCUT2D eigenvalue weighted by Gasteiger charge is 2.19. The molecule has 1 unspecified atom stereocenters. The predicted octanol–water partition coefficient (Wildman–Crippen LogP) is 1.71. The predicted molar refractivity (Wildman–Crippen MR) is 82.8 cm³/mol. The summed E-state index contributed by atoms with van der Waals surface area (Å²) < 4.78 is 1.84. The third-order valence-corrected chi connectivity index (χ3v) is 3.73. The summed E-state index contributed by atoms with van der Waals surface area (Å²) in [4.78, 5) is 24.5. The molecular formula is C16H15N3O2. The Kier molecular flexibility index (Phi) is 3.19. The summed E-state index contributed by atoms with van der Waals surface area (Å²) in [7, 11) is 0. The Morgan fingerprint density at radius 2 is 1.52 bits per heavy atom. The fourth-order valence-electron chi connectivity index (χ4n) is 2.68. The van der Waals surface area contributed by atoms with Crippen molar-refractivity contribution in [3.05, 3.63) is 58.8 Å². The maximum atomic E-state index is 12.6. The van der Waals surface area contributed by atoms with Gasteiger partial charge in [0.1, 0.15) is 6.04 Å². The third kappa shape index (κ3) is 1.98. The maximum Gasteiger partial charge on any atom is 0.256 e. The number of para-hydroxylation sites is 2. The minimum absolute atomic E-state index is 0.0298. The molecule has 3 rings (SSSR count). The average molecular weight is 281 g/mol. The molecule has 0 aliphatic rings. The van der Waals surface area contributed by atoms with Gasteiger partial charge in [-0.2, -0.15) is 0 Å². The van der Waals surface area contributed by atoms with Crippen LogP contribution in [0.1, 0.15) is 13.0 Å². The highest BCUT2D eigenvalue weighted by atomic mass is 16.2. The number of amides is 1. The number of carbonyl (C=O) groups is 1. The Labute approximate surface area is 121 Å². The van der Waals surface area contributed by atoms with Gasteiger partial charge in [-0.25, -0.2) is 5.84 Å². The van der Waals surface area contributed by atoms with Gasteiger partial charge in [-0.15, -0.1) is 0 Å².